The Morgan fingerprint density at radius 1 is 0.735 bits per heavy atom. The van der Waals surface area contributed by atoms with Gasteiger partial charge in [-0.15, -0.1) is 0 Å². The first-order valence-corrected chi connectivity index (χ1v) is 10.4. The maximum Gasteiger partial charge on any atom is 0.194 e. The molecule has 2 atom stereocenters. The van der Waals surface area contributed by atoms with Gasteiger partial charge in [0, 0.05) is 22.6 Å². The molecule has 0 radical (unpaired) electrons. The van der Waals surface area contributed by atoms with Crippen molar-refractivity contribution in [2.75, 3.05) is 13.2 Å². The average molecular weight is 484 g/mol. The molecule has 0 bridgehead atoms. The monoisotopic (exact) mass is 484 g/mol. The lowest BCUT2D eigenvalue weighted by Crippen LogP contribution is -2.25. The largest absolute Gasteiger partial charge is 0.348 e. The summed E-state index contributed by atoms with van der Waals surface area (Å²) < 4.78 is 110. The molecule has 1 aliphatic rings. The van der Waals surface area contributed by atoms with Gasteiger partial charge in [-0.05, 0) is 35.4 Å². The topological polar surface area (TPSA) is 18.5 Å². The lowest BCUT2D eigenvalue weighted by molar-refractivity contribution is -0.202. The number of benzene rings is 3. The molecular weight excluding hydrogens is 465 g/mol. The van der Waals surface area contributed by atoms with Gasteiger partial charge < -0.3 is 9.47 Å². The Morgan fingerprint density at radius 3 is 1.97 bits per heavy atom. The minimum absolute atomic E-state index is 0.177. The molecule has 4 rings (SSSR count). The van der Waals surface area contributed by atoms with Crippen LogP contribution in [0.3, 0.4) is 0 Å². The van der Waals surface area contributed by atoms with Gasteiger partial charge in [0.05, 0.1) is 13.2 Å². The smallest absolute Gasteiger partial charge is 0.194 e. The van der Waals surface area contributed by atoms with Gasteiger partial charge in [0.1, 0.15) is 11.6 Å². The third kappa shape index (κ3) is 4.81. The van der Waals surface area contributed by atoms with Gasteiger partial charge >= 0.3 is 0 Å². The van der Waals surface area contributed by atoms with Crippen molar-refractivity contribution in [1.29, 1.82) is 0 Å². The fraction of sp³-hybridized carbons (Fsp3) is 0.280. The molecule has 0 N–H and O–H groups in total. The van der Waals surface area contributed by atoms with Crippen LogP contribution in [0.1, 0.15) is 42.2 Å². The molecule has 0 aliphatic carbocycles. The van der Waals surface area contributed by atoms with Crippen molar-refractivity contribution in [1.82, 2.24) is 0 Å². The molecule has 2 unspecified atom stereocenters. The molecule has 0 aromatic heterocycles. The van der Waals surface area contributed by atoms with E-state index in [2.05, 4.69) is 0 Å². The van der Waals surface area contributed by atoms with Crippen LogP contribution in [0.15, 0.2) is 48.5 Å². The van der Waals surface area contributed by atoms with Crippen LogP contribution in [-0.2, 0) is 9.47 Å². The van der Waals surface area contributed by atoms with Crippen LogP contribution in [0.25, 0.3) is 11.1 Å². The molecular formula is C25H19F7O2. The van der Waals surface area contributed by atoms with E-state index in [1.165, 1.54) is 6.07 Å². The Kier molecular flexibility index (Phi) is 6.95. The Balaban J connectivity index is 1.55. The SMILES string of the molecule is CC1COC(c2ccc(C(F)C(F)c3ccc(-c4cc(F)c(F)c(F)c4)c(F)c3)c(F)c2)OC1. The quantitative estimate of drug-likeness (QED) is 0.277. The molecule has 1 aliphatic heterocycles. The second-order valence-electron chi connectivity index (χ2n) is 8.18. The summed E-state index contributed by atoms with van der Waals surface area (Å²) in [6, 6.07) is 7.22. The van der Waals surface area contributed by atoms with Crippen LogP contribution in [0.4, 0.5) is 30.7 Å². The van der Waals surface area contributed by atoms with Crippen LogP contribution in [0, 0.1) is 35.0 Å². The molecule has 0 spiro atoms. The Labute approximate surface area is 190 Å². The first-order valence-electron chi connectivity index (χ1n) is 10.4. The lowest BCUT2D eigenvalue weighted by atomic mass is 9.96. The van der Waals surface area contributed by atoms with E-state index in [4.69, 9.17) is 9.47 Å². The first-order chi connectivity index (χ1) is 16.2. The molecule has 1 saturated heterocycles. The highest BCUT2D eigenvalue weighted by Gasteiger charge is 2.29. The lowest BCUT2D eigenvalue weighted by Gasteiger charge is -2.28. The van der Waals surface area contributed by atoms with Crippen molar-refractivity contribution in [2.24, 2.45) is 5.92 Å². The van der Waals surface area contributed by atoms with Crippen molar-refractivity contribution >= 4 is 0 Å². The highest BCUT2D eigenvalue weighted by atomic mass is 19.2. The number of alkyl halides is 2. The summed E-state index contributed by atoms with van der Waals surface area (Å²) in [6.07, 6.45) is -5.72. The fourth-order valence-corrected chi connectivity index (χ4v) is 3.68. The van der Waals surface area contributed by atoms with Gasteiger partial charge in [-0.25, -0.2) is 30.7 Å². The standard InChI is InChI=1S/C25H19F7O2/c1-12-10-33-25(34-11-12)14-3-5-17(19(27)7-14)23(31)22(30)13-2-4-16(18(26)6-13)15-8-20(28)24(32)21(29)9-15/h2-9,12,22-23,25H,10-11H2,1H3. The predicted molar refractivity (Wildman–Crippen MR) is 110 cm³/mol. The van der Waals surface area contributed by atoms with Crippen molar-refractivity contribution in [3.8, 4) is 11.1 Å². The van der Waals surface area contributed by atoms with Crippen LogP contribution in [-0.4, -0.2) is 13.2 Å². The Morgan fingerprint density at radius 2 is 1.38 bits per heavy atom. The molecule has 180 valence electrons. The van der Waals surface area contributed by atoms with Crippen molar-refractivity contribution in [3.63, 3.8) is 0 Å². The molecule has 2 nitrogen and oxygen atoms in total. The molecule has 0 saturated carbocycles. The number of rotatable bonds is 5. The number of ether oxygens (including phenoxy) is 2. The number of halogens is 7. The van der Waals surface area contributed by atoms with Crippen LogP contribution >= 0.6 is 0 Å². The summed E-state index contributed by atoms with van der Waals surface area (Å²) >= 11 is 0. The van der Waals surface area contributed by atoms with Crippen molar-refractivity contribution in [3.05, 3.63) is 94.3 Å². The van der Waals surface area contributed by atoms with Gasteiger partial charge in [-0.1, -0.05) is 31.2 Å². The highest BCUT2D eigenvalue weighted by molar-refractivity contribution is 5.65. The third-order valence-corrected chi connectivity index (χ3v) is 5.52. The van der Waals surface area contributed by atoms with E-state index < -0.39 is 58.8 Å². The summed E-state index contributed by atoms with van der Waals surface area (Å²) in [5.74, 6) is -6.72. The van der Waals surface area contributed by atoms with Gasteiger partial charge in [0.25, 0.3) is 0 Å². The van der Waals surface area contributed by atoms with Gasteiger partial charge in [0.15, 0.2) is 36.1 Å². The molecule has 1 fully saturated rings. The minimum Gasteiger partial charge on any atom is -0.348 e. The summed E-state index contributed by atoms with van der Waals surface area (Å²) in [5.41, 5.74) is -1.39. The average Bonchev–Trinajstić information content (AvgIpc) is 2.81. The normalized spacial score (nSPS) is 20.2. The van der Waals surface area contributed by atoms with Crippen molar-refractivity contribution in [2.45, 2.75) is 25.6 Å². The van der Waals surface area contributed by atoms with E-state index >= 15 is 0 Å². The van der Waals surface area contributed by atoms with E-state index in [0.717, 1.165) is 24.3 Å². The van der Waals surface area contributed by atoms with Gasteiger partial charge in [-0.2, -0.15) is 0 Å². The molecule has 9 heteroatoms. The minimum atomic E-state index is -2.46. The summed E-state index contributed by atoms with van der Waals surface area (Å²) in [7, 11) is 0. The zero-order valence-corrected chi connectivity index (χ0v) is 17.8. The molecule has 0 amide bonds. The van der Waals surface area contributed by atoms with E-state index in [-0.39, 0.29) is 17.0 Å². The Bertz CT molecular complexity index is 1170. The molecule has 3 aromatic carbocycles. The predicted octanol–water partition coefficient (Wildman–Crippen LogP) is 7.45. The summed E-state index contributed by atoms with van der Waals surface area (Å²) in [6.45, 7) is 2.73. The maximum atomic E-state index is 14.9. The van der Waals surface area contributed by atoms with E-state index in [1.807, 2.05) is 6.92 Å². The van der Waals surface area contributed by atoms with Crippen molar-refractivity contribution < 1.29 is 40.2 Å². The molecule has 1 heterocycles. The first kappa shape index (κ1) is 24.2. The van der Waals surface area contributed by atoms with Crippen LogP contribution in [0.2, 0.25) is 0 Å². The van der Waals surface area contributed by atoms with Crippen LogP contribution in [0.5, 0.6) is 0 Å². The summed E-state index contributed by atoms with van der Waals surface area (Å²) in [5, 5.41) is 0. The molecule has 3 aromatic rings. The van der Waals surface area contributed by atoms with Gasteiger partial charge in [0.2, 0.25) is 0 Å². The molecule has 34 heavy (non-hydrogen) atoms. The third-order valence-electron chi connectivity index (χ3n) is 5.52. The number of hydrogen-bond donors (Lipinski definition) is 0. The maximum absolute atomic E-state index is 14.9. The zero-order chi connectivity index (χ0) is 24.6. The van der Waals surface area contributed by atoms with E-state index in [9.17, 15) is 30.7 Å². The Hall–Kier alpha value is -2.91. The second kappa shape index (κ2) is 9.76. The van der Waals surface area contributed by atoms with E-state index in [1.54, 1.807) is 0 Å². The van der Waals surface area contributed by atoms with Crippen LogP contribution < -0.4 is 0 Å². The van der Waals surface area contributed by atoms with E-state index in [0.29, 0.717) is 37.0 Å². The highest BCUT2D eigenvalue weighted by Crippen LogP contribution is 2.39. The van der Waals surface area contributed by atoms with Gasteiger partial charge in [-0.3, -0.25) is 0 Å². The fourth-order valence-electron chi connectivity index (χ4n) is 3.68. The summed E-state index contributed by atoms with van der Waals surface area (Å²) in [4.78, 5) is 0. The second-order valence-corrected chi connectivity index (χ2v) is 8.18. The number of hydrogen-bond acceptors (Lipinski definition) is 2. The zero-order valence-electron chi connectivity index (χ0n) is 17.8.